The van der Waals surface area contributed by atoms with Crippen LogP contribution in [0.5, 0.6) is 0 Å². The topological polar surface area (TPSA) is 21.3 Å². The van der Waals surface area contributed by atoms with Crippen molar-refractivity contribution in [3.05, 3.63) is 0 Å². The molecule has 74 valence electrons. The fourth-order valence-electron chi connectivity index (χ4n) is 2.97. The van der Waals surface area contributed by atoms with Crippen LogP contribution in [-0.4, -0.2) is 18.4 Å². The highest BCUT2D eigenvalue weighted by atomic mass is 16.5. The summed E-state index contributed by atoms with van der Waals surface area (Å²) in [6.45, 7) is 3.36. The summed E-state index contributed by atoms with van der Waals surface area (Å²) in [5.41, 5.74) is 0.626. The zero-order valence-electron chi connectivity index (χ0n) is 8.44. The van der Waals surface area contributed by atoms with E-state index in [-0.39, 0.29) is 5.72 Å². The molecule has 1 atom stereocenters. The first-order valence-corrected chi connectivity index (χ1v) is 5.67. The molecule has 0 aromatic rings. The molecule has 2 heteroatoms. The maximum absolute atomic E-state index is 6.06. The van der Waals surface area contributed by atoms with E-state index in [1.807, 2.05) is 0 Å². The number of hydrogen-bond donors (Lipinski definition) is 1. The van der Waals surface area contributed by atoms with Gasteiger partial charge in [0.1, 0.15) is 5.72 Å². The Balaban J connectivity index is 1.75. The van der Waals surface area contributed by atoms with E-state index in [0.717, 1.165) is 6.61 Å². The summed E-state index contributed by atoms with van der Waals surface area (Å²) >= 11 is 0. The summed E-state index contributed by atoms with van der Waals surface area (Å²) in [7, 11) is 0. The van der Waals surface area contributed by atoms with Gasteiger partial charge in [0, 0.05) is 11.5 Å². The van der Waals surface area contributed by atoms with Crippen molar-refractivity contribution in [2.75, 3.05) is 6.61 Å². The summed E-state index contributed by atoms with van der Waals surface area (Å²) in [6, 6.07) is 0.680. The molecule has 1 saturated heterocycles. The van der Waals surface area contributed by atoms with E-state index >= 15 is 0 Å². The van der Waals surface area contributed by atoms with Gasteiger partial charge in [-0.05, 0) is 45.4 Å². The first kappa shape index (κ1) is 8.25. The van der Waals surface area contributed by atoms with Gasteiger partial charge in [0.2, 0.25) is 0 Å². The van der Waals surface area contributed by atoms with Crippen LogP contribution in [0, 0.1) is 5.41 Å². The minimum absolute atomic E-state index is 0.0905. The third-order valence-electron chi connectivity index (χ3n) is 4.34. The maximum atomic E-state index is 6.06. The van der Waals surface area contributed by atoms with Gasteiger partial charge in [-0.25, -0.2) is 0 Å². The molecule has 3 aliphatic rings. The van der Waals surface area contributed by atoms with Gasteiger partial charge >= 0.3 is 0 Å². The molecule has 0 amide bonds. The Labute approximate surface area is 80.0 Å². The van der Waals surface area contributed by atoms with Gasteiger partial charge in [0.25, 0.3) is 0 Å². The van der Waals surface area contributed by atoms with Crippen LogP contribution in [0.15, 0.2) is 0 Å². The van der Waals surface area contributed by atoms with Gasteiger partial charge in [-0.2, -0.15) is 0 Å². The molecule has 2 spiro atoms. The van der Waals surface area contributed by atoms with Crippen molar-refractivity contribution in [1.82, 2.24) is 5.32 Å². The van der Waals surface area contributed by atoms with Crippen molar-refractivity contribution >= 4 is 0 Å². The first-order chi connectivity index (χ1) is 6.25. The summed E-state index contributed by atoms with van der Waals surface area (Å²) in [4.78, 5) is 0. The molecule has 3 fully saturated rings. The Bertz CT molecular complexity index is 216. The van der Waals surface area contributed by atoms with Gasteiger partial charge in [-0.1, -0.05) is 0 Å². The average Bonchev–Trinajstić information content (AvgIpc) is 2.78. The average molecular weight is 181 g/mol. The molecule has 1 aliphatic heterocycles. The van der Waals surface area contributed by atoms with Crippen LogP contribution in [-0.2, 0) is 4.74 Å². The molecule has 3 rings (SSSR count). The number of ether oxygens (including phenoxy) is 1. The Hall–Kier alpha value is -0.0800. The lowest BCUT2D eigenvalue weighted by Crippen LogP contribution is -2.58. The van der Waals surface area contributed by atoms with E-state index in [9.17, 15) is 0 Å². The van der Waals surface area contributed by atoms with E-state index < -0.39 is 0 Å². The van der Waals surface area contributed by atoms with E-state index in [2.05, 4.69) is 12.2 Å². The third kappa shape index (κ3) is 1.15. The Morgan fingerprint density at radius 3 is 2.38 bits per heavy atom. The maximum Gasteiger partial charge on any atom is 0.119 e. The first-order valence-electron chi connectivity index (χ1n) is 5.67. The third-order valence-corrected chi connectivity index (χ3v) is 4.34. The van der Waals surface area contributed by atoms with E-state index in [1.54, 1.807) is 0 Å². The number of rotatable bonds is 0. The fraction of sp³-hybridized carbons (Fsp3) is 1.00. The van der Waals surface area contributed by atoms with Crippen molar-refractivity contribution < 1.29 is 4.74 Å². The van der Waals surface area contributed by atoms with Gasteiger partial charge in [-0.15, -0.1) is 0 Å². The highest BCUT2D eigenvalue weighted by Gasteiger charge is 2.55. The summed E-state index contributed by atoms with van der Waals surface area (Å²) < 4.78 is 6.06. The molecule has 13 heavy (non-hydrogen) atoms. The molecule has 1 N–H and O–H groups in total. The molecule has 0 aromatic carbocycles. The second-order valence-corrected chi connectivity index (χ2v) is 5.22. The lowest BCUT2D eigenvalue weighted by atomic mass is 9.94. The SMILES string of the molecule is CC1NC2(CCCC2)OCC12CC2. The molecular weight excluding hydrogens is 162 g/mol. The molecule has 0 bridgehead atoms. The highest BCUT2D eigenvalue weighted by Crippen LogP contribution is 2.53. The van der Waals surface area contributed by atoms with Crippen LogP contribution in [0.2, 0.25) is 0 Å². The van der Waals surface area contributed by atoms with Crippen molar-refractivity contribution in [3.8, 4) is 0 Å². The van der Waals surface area contributed by atoms with Gasteiger partial charge in [-0.3, -0.25) is 5.32 Å². The van der Waals surface area contributed by atoms with Crippen molar-refractivity contribution in [3.63, 3.8) is 0 Å². The lowest BCUT2D eigenvalue weighted by molar-refractivity contribution is -0.134. The van der Waals surface area contributed by atoms with E-state index in [4.69, 9.17) is 4.74 Å². The lowest BCUT2D eigenvalue weighted by Gasteiger charge is -2.43. The summed E-state index contributed by atoms with van der Waals surface area (Å²) in [5, 5.41) is 3.72. The summed E-state index contributed by atoms with van der Waals surface area (Å²) in [6.07, 6.45) is 7.88. The largest absolute Gasteiger partial charge is 0.360 e. The minimum Gasteiger partial charge on any atom is -0.360 e. The van der Waals surface area contributed by atoms with Gasteiger partial charge < -0.3 is 4.74 Å². The molecular formula is C11H19NO. The molecule has 1 unspecified atom stereocenters. The predicted octanol–water partition coefficient (Wildman–Crippen LogP) is 2.05. The van der Waals surface area contributed by atoms with Gasteiger partial charge in [0.05, 0.1) is 6.61 Å². The van der Waals surface area contributed by atoms with Crippen LogP contribution in [0.3, 0.4) is 0 Å². The van der Waals surface area contributed by atoms with Crippen molar-refractivity contribution in [1.29, 1.82) is 0 Å². The highest BCUT2D eigenvalue weighted by molar-refractivity contribution is 5.06. The molecule has 1 heterocycles. The van der Waals surface area contributed by atoms with E-state index in [0.29, 0.717) is 11.5 Å². The monoisotopic (exact) mass is 181 g/mol. The van der Waals surface area contributed by atoms with Crippen LogP contribution < -0.4 is 5.32 Å². The predicted molar refractivity (Wildman–Crippen MR) is 51.4 cm³/mol. The van der Waals surface area contributed by atoms with Crippen LogP contribution in [0.1, 0.15) is 45.4 Å². The van der Waals surface area contributed by atoms with Crippen molar-refractivity contribution in [2.24, 2.45) is 5.41 Å². The second kappa shape index (κ2) is 2.48. The Morgan fingerprint density at radius 1 is 1.15 bits per heavy atom. The second-order valence-electron chi connectivity index (χ2n) is 5.22. The summed E-state index contributed by atoms with van der Waals surface area (Å²) in [5.74, 6) is 0. The number of nitrogens with one attached hydrogen (secondary N) is 1. The quantitative estimate of drug-likeness (QED) is 0.617. The standard InChI is InChI=1S/C11H19NO/c1-9-10(6-7-10)8-13-11(12-9)4-2-3-5-11/h9,12H,2-8H2,1H3. The molecule has 2 nitrogen and oxygen atoms in total. The normalized spacial score (nSPS) is 39.9. The molecule has 0 radical (unpaired) electrons. The van der Waals surface area contributed by atoms with Gasteiger partial charge in [0.15, 0.2) is 0 Å². The Morgan fingerprint density at radius 2 is 1.85 bits per heavy atom. The minimum atomic E-state index is 0.0905. The zero-order valence-corrected chi connectivity index (χ0v) is 8.44. The fourth-order valence-corrected chi connectivity index (χ4v) is 2.97. The molecule has 2 aliphatic carbocycles. The molecule has 0 aromatic heterocycles. The van der Waals surface area contributed by atoms with Crippen LogP contribution in [0.25, 0.3) is 0 Å². The smallest absolute Gasteiger partial charge is 0.119 e. The van der Waals surface area contributed by atoms with Crippen LogP contribution >= 0.6 is 0 Å². The van der Waals surface area contributed by atoms with Crippen LogP contribution in [0.4, 0.5) is 0 Å². The Kier molecular flexibility index (Phi) is 1.58. The van der Waals surface area contributed by atoms with Crippen molar-refractivity contribution in [2.45, 2.75) is 57.2 Å². The zero-order chi connectivity index (χ0) is 8.94. The molecule has 2 saturated carbocycles. The van der Waals surface area contributed by atoms with E-state index in [1.165, 1.54) is 38.5 Å². The number of hydrogen-bond acceptors (Lipinski definition) is 2.